The highest BCUT2D eigenvalue weighted by atomic mass is 19.1. The minimum atomic E-state index is -0.434. The van der Waals surface area contributed by atoms with Crippen LogP contribution in [0.3, 0.4) is 0 Å². The van der Waals surface area contributed by atoms with Gasteiger partial charge in [0.05, 0.1) is 0 Å². The van der Waals surface area contributed by atoms with Crippen LogP contribution in [-0.4, -0.2) is 55.5 Å². The Labute approximate surface area is 112 Å². The van der Waals surface area contributed by atoms with Gasteiger partial charge in [0.2, 0.25) is 0 Å². The van der Waals surface area contributed by atoms with Gasteiger partial charge in [-0.05, 0) is 31.7 Å². The predicted octanol–water partition coefficient (Wildman–Crippen LogP) is 1.29. The molecule has 0 atom stereocenters. The average Bonchev–Trinajstić information content (AvgIpc) is 2.40. The molecule has 4 nitrogen and oxygen atoms in total. The Morgan fingerprint density at radius 3 is 2.68 bits per heavy atom. The lowest BCUT2D eigenvalue weighted by Crippen LogP contribution is -2.48. The van der Waals surface area contributed by atoms with Crippen LogP contribution in [0.1, 0.15) is 5.56 Å². The normalized spacial score (nSPS) is 16.5. The molecule has 1 aromatic carbocycles. The van der Waals surface area contributed by atoms with Gasteiger partial charge >= 0.3 is 0 Å². The van der Waals surface area contributed by atoms with Crippen molar-refractivity contribution in [2.45, 2.75) is 6.92 Å². The van der Waals surface area contributed by atoms with E-state index < -0.39 is 5.82 Å². The van der Waals surface area contributed by atoms with E-state index in [0.29, 0.717) is 13.1 Å². The fourth-order valence-corrected chi connectivity index (χ4v) is 2.01. The van der Waals surface area contributed by atoms with Gasteiger partial charge in [0.1, 0.15) is 0 Å². The summed E-state index contributed by atoms with van der Waals surface area (Å²) >= 11 is 0. The Morgan fingerprint density at radius 2 is 2.00 bits per heavy atom. The van der Waals surface area contributed by atoms with Gasteiger partial charge in [-0.25, -0.2) is 4.39 Å². The van der Waals surface area contributed by atoms with E-state index in [1.54, 1.807) is 17.0 Å². The Hall–Kier alpha value is -1.62. The zero-order valence-electron chi connectivity index (χ0n) is 11.4. The molecule has 19 heavy (non-hydrogen) atoms. The molecule has 1 aliphatic heterocycles. The largest absolute Gasteiger partial charge is 0.481 e. The number of benzene rings is 1. The summed E-state index contributed by atoms with van der Waals surface area (Å²) in [4.78, 5) is 15.9. The number of aryl methyl sites for hydroxylation is 1. The molecule has 1 fully saturated rings. The van der Waals surface area contributed by atoms with Crippen molar-refractivity contribution in [3.63, 3.8) is 0 Å². The highest BCUT2D eigenvalue weighted by Crippen LogP contribution is 2.18. The minimum Gasteiger partial charge on any atom is -0.481 e. The maximum atomic E-state index is 13.5. The number of nitrogens with zero attached hydrogens (tertiary/aromatic N) is 2. The molecule has 0 aromatic heterocycles. The molecule has 2 rings (SSSR count). The third-order valence-electron chi connectivity index (χ3n) is 3.29. The third kappa shape index (κ3) is 3.67. The average molecular weight is 266 g/mol. The van der Waals surface area contributed by atoms with E-state index >= 15 is 0 Å². The molecule has 0 radical (unpaired) electrons. The number of likely N-dealkylation sites (N-methyl/N-ethyl adjacent to an activating group) is 1. The molecule has 1 saturated heterocycles. The van der Waals surface area contributed by atoms with Gasteiger partial charge in [0.25, 0.3) is 5.91 Å². The first-order chi connectivity index (χ1) is 9.06. The number of carbonyl (C=O) groups excluding carboxylic acids is 1. The lowest BCUT2D eigenvalue weighted by Gasteiger charge is -2.32. The second-order valence-corrected chi connectivity index (χ2v) is 4.91. The summed E-state index contributed by atoms with van der Waals surface area (Å²) in [5, 5.41) is 0. The molecule has 5 heteroatoms. The summed E-state index contributed by atoms with van der Waals surface area (Å²) in [7, 11) is 2.03. The summed E-state index contributed by atoms with van der Waals surface area (Å²) in [6, 6.07) is 4.63. The van der Waals surface area contributed by atoms with Crippen molar-refractivity contribution in [2.24, 2.45) is 0 Å². The van der Waals surface area contributed by atoms with Crippen molar-refractivity contribution in [1.82, 2.24) is 9.80 Å². The van der Waals surface area contributed by atoms with Crippen LogP contribution in [-0.2, 0) is 4.79 Å². The molecular formula is C14H19FN2O2. The molecule has 1 aromatic rings. The number of hydrogen-bond donors (Lipinski definition) is 0. The van der Waals surface area contributed by atoms with E-state index in [0.717, 1.165) is 18.7 Å². The highest BCUT2D eigenvalue weighted by molar-refractivity contribution is 5.77. The van der Waals surface area contributed by atoms with Crippen LogP contribution < -0.4 is 4.74 Å². The van der Waals surface area contributed by atoms with Gasteiger partial charge in [0, 0.05) is 26.2 Å². The second kappa shape index (κ2) is 6.02. The quantitative estimate of drug-likeness (QED) is 0.826. The van der Waals surface area contributed by atoms with E-state index in [4.69, 9.17) is 4.74 Å². The molecule has 0 aliphatic carbocycles. The molecule has 0 unspecified atom stereocenters. The van der Waals surface area contributed by atoms with Crippen LogP contribution in [0.15, 0.2) is 18.2 Å². The second-order valence-electron chi connectivity index (χ2n) is 4.91. The molecule has 0 saturated carbocycles. The Bertz CT molecular complexity index is 457. The van der Waals surface area contributed by atoms with E-state index in [9.17, 15) is 9.18 Å². The fraction of sp³-hybridized carbons (Fsp3) is 0.500. The SMILES string of the molecule is Cc1ccc(F)c(OCC(=O)N2CCN(C)CC2)c1. The summed E-state index contributed by atoms with van der Waals surface area (Å²) in [6.45, 7) is 4.89. The number of hydrogen-bond acceptors (Lipinski definition) is 3. The standard InChI is InChI=1S/C14H19FN2O2/c1-11-3-4-12(15)13(9-11)19-10-14(18)17-7-5-16(2)6-8-17/h3-4,9H,5-8,10H2,1-2H3. The number of halogens is 1. The van der Waals surface area contributed by atoms with Crippen molar-refractivity contribution in [2.75, 3.05) is 39.8 Å². The first kappa shape index (κ1) is 13.8. The van der Waals surface area contributed by atoms with Gasteiger partial charge in [-0.15, -0.1) is 0 Å². The summed E-state index contributed by atoms with van der Waals surface area (Å²) in [5.74, 6) is -0.381. The topological polar surface area (TPSA) is 32.8 Å². The zero-order chi connectivity index (χ0) is 13.8. The third-order valence-corrected chi connectivity index (χ3v) is 3.29. The monoisotopic (exact) mass is 266 g/mol. The predicted molar refractivity (Wildman–Crippen MR) is 70.7 cm³/mol. The van der Waals surface area contributed by atoms with Crippen LogP contribution in [0.5, 0.6) is 5.75 Å². The molecule has 1 aliphatic rings. The fourth-order valence-electron chi connectivity index (χ4n) is 2.01. The van der Waals surface area contributed by atoms with Crippen molar-refractivity contribution in [3.8, 4) is 5.75 Å². The summed E-state index contributed by atoms with van der Waals surface area (Å²) in [6.07, 6.45) is 0. The highest BCUT2D eigenvalue weighted by Gasteiger charge is 2.19. The van der Waals surface area contributed by atoms with Crippen LogP contribution in [0.25, 0.3) is 0 Å². The minimum absolute atomic E-state index is 0.0889. The number of amides is 1. The maximum absolute atomic E-state index is 13.5. The van der Waals surface area contributed by atoms with Crippen molar-refractivity contribution >= 4 is 5.91 Å². The lowest BCUT2D eigenvalue weighted by molar-refractivity contribution is -0.134. The zero-order valence-corrected chi connectivity index (χ0v) is 11.4. The summed E-state index contributed by atoms with van der Waals surface area (Å²) in [5.41, 5.74) is 0.906. The van der Waals surface area contributed by atoms with E-state index in [1.807, 2.05) is 14.0 Å². The molecule has 1 heterocycles. The molecule has 0 spiro atoms. The van der Waals surface area contributed by atoms with E-state index in [2.05, 4.69) is 4.90 Å². The molecular weight excluding hydrogens is 247 g/mol. The van der Waals surface area contributed by atoms with E-state index in [1.165, 1.54) is 6.07 Å². The van der Waals surface area contributed by atoms with Crippen molar-refractivity contribution in [3.05, 3.63) is 29.6 Å². The molecule has 1 amide bonds. The van der Waals surface area contributed by atoms with Crippen molar-refractivity contribution < 1.29 is 13.9 Å². The Balaban J connectivity index is 1.88. The maximum Gasteiger partial charge on any atom is 0.260 e. The first-order valence-electron chi connectivity index (χ1n) is 6.41. The van der Waals surface area contributed by atoms with Gasteiger partial charge in [-0.3, -0.25) is 4.79 Å². The van der Waals surface area contributed by atoms with E-state index in [-0.39, 0.29) is 18.3 Å². The number of rotatable bonds is 3. The van der Waals surface area contributed by atoms with Gasteiger partial charge in [-0.2, -0.15) is 0 Å². The van der Waals surface area contributed by atoms with Gasteiger partial charge < -0.3 is 14.5 Å². The van der Waals surface area contributed by atoms with Gasteiger partial charge in [0.15, 0.2) is 18.2 Å². The van der Waals surface area contributed by atoms with Crippen LogP contribution in [0.4, 0.5) is 4.39 Å². The number of carbonyl (C=O) groups is 1. The number of piperazine rings is 1. The Morgan fingerprint density at radius 1 is 1.32 bits per heavy atom. The van der Waals surface area contributed by atoms with Gasteiger partial charge in [-0.1, -0.05) is 6.07 Å². The number of ether oxygens (including phenoxy) is 1. The van der Waals surface area contributed by atoms with Crippen molar-refractivity contribution in [1.29, 1.82) is 0 Å². The first-order valence-corrected chi connectivity index (χ1v) is 6.41. The van der Waals surface area contributed by atoms with Crippen LogP contribution in [0, 0.1) is 12.7 Å². The molecule has 104 valence electrons. The lowest BCUT2D eigenvalue weighted by atomic mass is 10.2. The molecule has 0 bridgehead atoms. The molecule has 0 N–H and O–H groups in total. The van der Waals surface area contributed by atoms with Crippen LogP contribution in [0.2, 0.25) is 0 Å². The Kier molecular flexibility index (Phi) is 4.37. The summed E-state index contributed by atoms with van der Waals surface area (Å²) < 4.78 is 18.7. The van der Waals surface area contributed by atoms with Crippen LogP contribution >= 0.6 is 0 Å². The smallest absolute Gasteiger partial charge is 0.260 e.